The van der Waals surface area contributed by atoms with E-state index in [0.29, 0.717) is 6.04 Å². The van der Waals surface area contributed by atoms with Gasteiger partial charge in [-0.2, -0.15) is 0 Å². The minimum Gasteiger partial charge on any atom is -0.396 e. The Kier molecular flexibility index (Phi) is 5.68. The molecule has 0 saturated heterocycles. The third kappa shape index (κ3) is 4.20. The summed E-state index contributed by atoms with van der Waals surface area (Å²) in [6.07, 6.45) is 2.73. The van der Waals surface area contributed by atoms with E-state index in [1.165, 1.54) is 5.56 Å². The van der Waals surface area contributed by atoms with Gasteiger partial charge in [-0.1, -0.05) is 6.07 Å². The first kappa shape index (κ1) is 12.5. The topological polar surface area (TPSA) is 45.1 Å². The van der Waals surface area contributed by atoms with Crippen LogP contribution in [0, 0.1) is 0 Å². The third-order valence-electron chi connectivity index (χ3n) is 2.24. The minimum atomic E-state index is 0.252. The molecular formula is C11H18N2OS. The molecule has 1 aromatic rings. The maximum Gasteiger partial charge on any atom is 0.0960 e. The number of rotatable bonds is 6. The monoisotopic (exact) mass is 226 g/mol. The molecule has 0 amide bonds. The van der Waals surface area contributed by atoms with E-state index in [-0.39, 0.29) is 6.61 Å². The lowest BCUT2D eigenvalue weighted by molar-refractivity contribution is 0.296. The Labute approximate surface area is 95.3 Å². The maximum absolute atomic E-state index is 8.65. The number of aromatic nitrogens is 1. The number of thioether (sulfide) groups is 1. The number of aliphatic hydroxyl groups excluding tert-OH is 1. The number of nitrogens with zero attached hydrogens (tertiary/aromatic N) is 1. The van der Waals surface area contributed by atoms with Crippen molar-refractivity contribution in [3.8, 4) is 0 Å². The molecule has 84 valence electrons. The fourth-order valence-electron chi connectivity index (χ4n) is 1.14. The van der Waals surface area contributed by atoms with Gasteiger partial charge in [-0.05, 0) is 32.0 Å². The zero-order valence-electron chi connectivity index (χ0n) is 9.23. The van der Waals surface area contributed by atoms with Gasteiger partial charge in [-0.15, -0.1) is 11.8 Å². The molecule has 0 aromatic carbocycles. The highest BCUT2D eigenvalue weighted by atomic mass is 32.2. The molecule has 1 aromatic heterocycles. The Hall–Kier alpha value is -0.580. The van der Waals surface area contributed by atoms with Crippen molar-refractivity contribution in [3.63, 3.8) is 0 Å². The van der Waals surface area contributed by atoms with Crippen molar-refractivity contribution in [1.29, 1.82) is 0 Å². The standard InChI is InChI=1S/C11H18N2OS/c1-9(12-2)10-4-5-11(13-8-10)15-7-3-6-14/h4-5,8-9,12,14H,3,6-7H2,1-2H3. The smallest absolute Gasteiger partial charge is 0.0960 e. The van der Waals surface area contributed by atoms with Crippen LogP contribution >= 0.6 is 11.8 Å². The molecule has 0 aliphatic heterocycles. The first-order valence-electron chi connectivity index (χ1n) is 5.14. The first-order chi connectivity index (χ1) is 7.27. The normalized spacial score (nSPS) is 12.7. The van der Waals surface area contributed by atoms with Crippen LogP contribution < -0.4 is 5.32 Å². The van der Waals surface area contributed by atoms with E-state index in [1.807, 2.05) is 19.3 Å². The lowest BCUT2D eigenvalue weighted by atomic mass is 10.1. The van der Waals surface area contributed by atoms with Crippen molar-refractivity contribution in [2.75, 3.05) is 19.4 Å². The van der Waals surface area contributed by atoms with E-state index < -0.39 is 0 Å². The van der Waals surface area contributed by atoms with E-state index in [2.05, 4.69) is 23.3 Å². The van der Waals surface area contributed by atoms with Gasteiger partial charge in [-0.3, -0.25) is 0 Å². The first-order valence-corrected chi connectivity index (χ1v) is 6.13. The largest absolute Gasteiger partial charge is 0.396 e. The quantitative estimate of drug-likeness (QED) is 0.574. The van der Waals surface area contributed by atoms with E-state index in [0.717, 1.165) is 17.2 Å². The molecule has 0 saturated carbocycles. The van der Waals surface area contributed by atoms with Gasteiger partial charge in [0.2, 0.25) is 0 Å². The van der Waals surface area contributed by atoms with Crippen LogP contribution in [0.4, 0.5) is 0 Å². The molecule has 1 rings (SSSR count). The molecule has 3 nitrogen and oxygen atoms in total. The number of hydrogen-bond acceptors (Lipinski definition) is 4. The van der Waals surface area contributed by atoms with Crippen LogP contribution in [0.25, 0.3) is 0 Å². The summed E-state index contributed by atoms with van der Waals surface area (Å²) in [5.41, 5.74) is 1.20. The SMILES string of the molecule is CNC(C)c1ccc(SCCCO)nc1. The average molecular weight is 226 g/mol. The lowest BCUT2D eigenvalue weighted by Crippen LogP contribution is -2.12. The van der Waals surface area contributed by atoms with Crippen LogP contribution in [-0.2, 0) is 0 Å². The van der Waals surface area contributed by atoms with E-state index >= 15 is 0 Å². The third-order valence-corrected chi connectivity index (χ3v) is 3.27. The molecule has 1 unspecified atom stereocenters. The molecule has 0 spiro atoms. The molecule has 1 atom stereocenters. The summed E-state index contributed by atoms with van der Waals surface area (Å²) in [6.45, 7) is 2.36. The van der Waals surface area contributed by atoms with Crippen LogP contribution in [-0.4, -0.2) is 29.5 Å². The summed E-state index contributed by atoms with van der Waals surface area (Å²) in [6, 6.07) is 4.47. The van der Waals surface area contributed by atoms with Gasteiger partial charge in [0.05, 0.1) is 5.03 Å². The number of pyridine rings is 1. The van der Waals surface area contributed by atoms with Crippen molar-refractivity contribution in [2.24, 2.45) is 0 Å². The van der Waals surface area contributed by atoms with Crippen LogP contribution in [0.2, 0.25) is 0 Å². The second-order valence-electron chi connectivity index (χ2n) is 3.37. The fourth-order valence-corrected chi connectivity index (χ4v) is 1.92. The van der Waals surface area contributed by atoms with Gasteiger partial charge in [0.1, 0.15) is 0 Å². The number of aliphatic hydroxyl groups is 1. The Bertz CT molecular complexity index is 276. The summed E-state index contributed by atoms with van der Waals surface area (Å²) in [5, 5.41) is 12.8. The van der Waals surface area contributed by atoms with Crippen molar-refractivity contribution < 1.29 is 5.11 Å². The molecule has 0 radical (unpaired) electrons. The Morgan fingerprint density at radius 2 is 2.33 bits per heavy atom. The zero-order valence-corrected chi connectivity index (χ0v) is 10.0. The summed E-state index contributed by atoms with van der Waals surface area (Å²) in [5.74, 6) is 0.921. The second kappa shape index (κ2) is 6.82. The Morgan fingerprint density at radius 3 is 2.87 bits per heavy atom. The van der Waals surface area contributed by atoms with Crippen molar-refractivity contribution in [3.05, 3.63) is 23.9 Å². The molecule has 0 fully saturated rings. The Balaban J connectivity index is 2.49. The van der Waals surface area contributed by atoms with E-state index in [1.54, 1.807) is 11.8 Å². The molecule has 1 heterocycles. The van der Waals surface area contributed by atoms with E-state index in [4.69, 9.17) is 5.11 Å². The van der Waals surface area contributed by atoms with Crippen LogP contribution in [0.5, 0.6) is 0 Å². The highest BCUT2D eigenvalue weighted by Crippen LogP contribution is 2.18. The van der Waals surface area contributed by atoms with Crippen molar-refractivity contribution >= 4 is 11.8 Å². The van der Waals surface area contributed by atoms with E-state index in [9.17, 15) is 0 Å². The maximum atomic E-state index is 8.65. The highest BCUT2D eigenvalue weighted by molar-refractivity contribution is 7.99. The van der Waals surface area contributed by atoms with Crippen molar-refractivity contribution in [1.82, 2.24) is 10.3 Å². The summed E-state index contributed by atoms with van der Waals surface area (Å²) in [7, 11) is 1.94. The number of nitrogens with one attached hydrogen (secondary N) is 1. The van der Waals surface area contributed by atoms with Crippen molar-refractivity contribution in [2.45, 2.75) is 24.4 Å². The lowest BCUT2D eigenvalue weighted by Gasteiger charge is -2.10. The van der Waals surface area contributed by atoms with Gasteiger partial charge in [0.25, 0.3) is 0 Å². The van der Waals surface area contributed by atoms with Crippen LogP contribution in [0.15, 0.2) is 23.4 Å². The fraction of sp³-hybridized carbons (Fsp3) is 0.545. The minimum absolute atomic E-state index is 0.252. The molecule has 15 heavy (non-hydrogen) atoms. The molecule has 0 bridgehead atoms. The number of hydrogen-bond donors (Lipinski definition) is 2. The summed E-state index contributed by atoms with van der Waals surface area (Å²) in [4.78, 5) is 4.36. The summed E-state index contributed by atoms with van der Waals surface area (Å²) < 4.78 is 0. The average Bonchev–Trinajstić information content (AvgIpc) is 2.29. The highest BCUT2D eigenvalue weighted by Gasteiger charge is 2.02. The molecular weight excluding hydrogens is 208 g/mol. The molecule has 4 heteroatoms. The molecule has 0 aliphatic carbocycles. The van der Waals surface area contributed by atoms with Gasteiger partial charge in [0.15, 0.2) is 0 Å². The molecule has 0 aliphatic rings. The van der Waals surface area contributed by atoms with Gasteiger partial charge < -0.3 is 10.4 Å². The van der Waals surface area contributed by atoms with Gasteiger partial charge in [0, 0.05) is 24.6 Å². The predicted molar refractivity (Wildman–Crippen MR) is 64.1 cm³/mol. The van der Waals surface area contributed by atoms with Crippen LogP contribution in [0.3, 0.4) is 0 Å². The summed E-state index contributed by atoms with van der Waals surface area (Å²) >= 11 is 1.68. The predicted octanol–water partition coefficient (Wildman–Crippen LogP) is 1.84. The van der Waals surface area contributed by atoms with Gasteiger partial charge in [-0.25, -0.2) is 4.98 Å². The van der Waals surface area contributed by atoms with Crippen LogP contribution in [0.1, 0.15) is 24.9 Å². The zero-order chi connectivity index (χ0) is 11.1. The second-order valence-corrected chi connectivity index (χ2v) is 4.48. The molecule has 2 N–H and O–H groups in total. The Morgan fingerprint density at radius 1 is 1.53 bits per heavy atom. The van der Waals surface area contributed by atoms with Gasteiger partial charge >= 0.3 is 0 Å².